The van der Waals surface area contributed by atoms with E-state index in [9.17, 15) is 0 Å². The van der Waals surface area contributed by atoms with Crippen LogP contribution >= 0.6 is 15.9 Å². The Morgan fingerprint density at radius 3 is 2.50 bits per heavy atom. The molecule has 0 aliphatic rings. The van der Waals surface area contributed by atoms with E-state index in [0.717, 1.165) is 19.0 Å². The van der Waals surface area contributed by atoms with Crippen molar-refractivity contribution >= 4 is 15.9 Å². The van der Waals surface area contributed by atoms with E-state index < -0.39 is 0 Å². The summed E-state index contributed by atoms with van der Waals surface area (Å²) < 4.78 is 1.25. The predicted molar refractivity (Wildman–Crippen MR) is 84.1 cm³/mol. The van der Waals surface area contributed by atoms with Crippen LogP contribution in [0.15, 0.2) is 28.7 Å². The van der Waals surface area contributed by atoms with Crippen molar-refractivity contribution in [3.05, 3.63) is 34.3 Å². The zero-order chi connectivity index (χ0) is 13.4. The van der Waals surface area contributed by atoms with E-state index in [-0.39, 0.29) is 0 Å². The molecule has 0 saturated carbocycles. The fourth-order valence-corrected chi connectivity index (χ4v) is 2.78. The maximum absolute atomic E-state index is 3.68. The van der Waals surface area contributed by atoms with Crippen LogP contribution in [-0.4, -0.2) is 13.1 Å². The highest BCUT2D eigenvalue weighted by molar-refractivity contribution is 9.10. The number of halogens is 1. The average Bonchev–Trinajstić information content (AvgIpc) is 2.34. The Hall–Kier alpha value is -0.340. The highest BCUT2D eigenvalue weighted by Gasteiger charge is 2.13. The van der Waals surface area contributed by atoms with Crippen LogP contribution < -0.4 is 5.32 Å². The Bertz CT molecular complexity index is 336. The summed E-state index contributed by atoms with van der Waals surface area (Å²) in [5, 5.41) is 3.60. The zero-order valence-corrected chi connectivity index (χ0v) is 13.5. The van der Waals surface area contributed by atoms with E-state index in [2.05, 4.69) is 66.3 Å². The van der Waals surface area contributed by atoms with Crippen LogP contribution in [0.1, 0.15) is 51.5 Å². The maximum atomic E-state index is 3.68. The molecule has 0 spiro atoms. The maximum Gasteiger partial charge on any atom is 0.0210 e. The minimum atomic E-state index is 0.624. The second-order valence-electron chi connectivity index (χ2n) is 5.41. The van der Waals surface area contributed by atoms with E-state index in [0.29, 0.717) is 5.92 Å². The van der Waals surface area contributed by atoms with Gasteiger partial charge < -0.3 is 5.32 Å². The molecule has 1 nitrogen and oxygen atoms in total. The molecule has 1 aromatic carbocycles. The number of nitrogens with one attached hydrogen (secondary N) is 1. The molecule has 0 radical (unpaired) electrons. The lowest BCUT2D eigenvalue weighted by molar-refractivity contribution is 0.489. The summed E-state index contributed by atoms with van der Waals surface area (Å²) in [5.74, 6) is 1.34. The minimum Gasteiger partial charge on any atom is -0.316 e. The van der Waals surface area contributed by atoms with Crippen molar-refractivity contribution < 1.29 is 0 Å². The van der Waals surface area contributed by atoms with Crippen molar-refractivity contribution in [1.29, 1.82) is 0 Å². The highest BCUT2D eigenvalue weighted by atomic mass is 79.9. The van der Waals surface area contributed by atoms with Crippen LogP contribution in [0.5, 0.6) is 0 Å². The first-order valence-corrected chi connectivity index (χ1v) is 7.89. The number of benzene rings is 1. The first-order chi connectivity index (χ1) is 8.65. The van der Waals surface area contributed by atoms with Gasteiger partial charge in [0, 0.05) is 11.0 Å². The summed E-state index contributed by atoms with van der Waals surface area (Å²) >= 11 is 3.68. The lowest BCUT2D eigenvalue weighted by Gasteiger charge is -2.20. The molecule has 1 atom stereocenters. The van der Waals surface area contributed by atoms with Gasteiger partial charge in [-0.2, -0.15) is 0 Å². The van der Waals surface area contributed by atoms with E-state index in [1.165, 1.54) is 29.3 Å². The number of hydrogen-bond donors (Lipinski definition) is 1. The van der Waals surface area contributed by atoms with E-state index in [4.69, 9.17) is 0 Å². The van der Waals surface area contributed by atoms with Crippen LogP contribution in [0.2, 0.25) is 0 Å². The standard InChI is InChI=1S/C16H26BrN/c1-4-5-8-14(12-18-11-13(2)3)15-9-6-7-10-16(15)17/h6-7,9-10,13-14,18H,4-5,8,11-12H2,1-3H3. The van der Waals surface area contributed by atoms with Crippen LogP contribution in [0.3, 0.4) is 0 Å². The first kappa shape index (κ1) is 15.7. The fourth-order valence-electron chi connectivity index (χ4n) is 2.17. The van der Waals surface area contributed by atoms with Gasteiger partial charge in [-0.05, 0) is 36.4 Å². The van der Waals surface area contributed by atoms with Gasteiger partial charge in [0.2, 0.25) is 0 Å². The molecule has 0 bridgehead atoms. The van der Waals surface area contributed by atoms with Crippen LogP contribution in [-0.2, 0) is 0 Å². The Kier molecular flexibility index (Phi) is 7.60. The molecule has 0 aromatic heterocycles. The van der Waals surface area contributed by atoms with Gasteiger partial charge in [0.15, 0.2) is 0 Å². The normalized spacial score (nSPS) is 12.9. The fraction of sp³-hybridized carbons (Fsp3) is 0.625. The molecular formula is C16H26BrN. The average molecular weight is 312 g/mol. The monoisotopic (exact) mass is 311 g/mol. The summed E-state index contributed by atoms with van der Waals surface area (Å²) in [5.41, 5.74) is 1.45. The number of hydrogen-bond acceptors (Lipinski definition) is 1. The third-order valence-corrected chi connectivity index (χ3v) is 3.92. The largest absolute Gasteiger partial charge is 0.316 e. The molecule has 18 heavy (non-hydrogen) atoms. The van der Waals surface area contributed by atoms with E-state index in [1.807, 2.05) is 0 Å². The Balaban J connectivity index is 2.62. The zero-order valence-electron chi connectivity index (χ0n) is 11.9. The molecular weight excluding hydrogens is 286 g/mol. The van der Waals surface area contributed by atoms with Crippen molar-refractivity contribution in [2.45, 2.75) is 46.0 Å². The van der Waals surface area contributed by atoms with Crippen LogP contribution in [0.25, 0.3) is 0 Å². The molecule has 1 N–H and O–H groups in total. The molecule has 0 fully saturated rings. The van der Waals surface area contributed by atoms with Crippen molar-refractivity contribution in [2.24, 2.45) is 5.92 Å². The van der Waals surface area contributed by atoms with E-state index in [1.54, 1.807) is 0 Å². The summed E-state index contributed by atoms with van der Waals surface area (Å²) in [6, 6.07) is 8.63. The number of unbranched alkanes of at least 4 members (excludes halogenated alkanes) is 1. The lowest BCUT2D eigenvalue weighted by atomic mass is 9.93. The molecule has 0 aliphatic carbocycles. The Morgan fingerprint density at radius 1 is 1.17 bits per heavy atom. The van der Waals surface area contributed by atoms with Gasteiger partial charge in [-0.3, -0.25) is 0 Å². The number of rotatable bonds is 8. The van der Waals surface area contributed by atoms with Gasteiger partial charge in [-0.1, -0.05) is 67.7 Å². The second-order valence-corrected chi connectivity index (χ2v) is 6.27. The third kappa shape index (κ3) is 5.53. The molecule has 1 unspecified atom stereocenters. The van der Waals surface area contributed by atoms with Crippen molar-refractivity contribution in [2.75, 3.05) is 13.1 Å². The molecule has 102 valence electrons. The quantitative estimate of drug-likeness (QED) is 0.715. The summed E-state index contributed by atoms with van der Waals surface area (Å²) in [4.78, 5) is 0. The van der Waals surface area contributed by atoms with E-state index >= 15 is 0 Å². The van der Waals surface area contributed by atoms with Gasteiger partial charge in [0.05, 0.1) is 0 Å². The summed E-state index contributed by atoms with van der Waals surface area (Å²) in [6.07, 6.45) is 3.84. The van der Waals surface area contributed by atoms with Gasteiger partial charge in [-0.15, -0.1) is 0 Å². The third-order valence-electron chi connectivity index (χ3n) is 3.19. The SMILES string of the molecule is CCCCC(CNCC(C)C)c1ccccc1Br. The van der Waals surface area contributed by atoms with Crippen molar-refractivity contribution in [1.82, 2.24) is 5.32 Å². The smallest absolute Gasteiger partial charge is 0.0210 e. The van der Waals surface area contributed by atoms with Gasteiger partial charge in [0.25, 0.3) is 0 Å². The second kappa shape index (κ2) is 8.71. The molecule has 1 rings (SSSR count). The molecule has 0 amide bonds. The van der Waals surface area contributed by atoms with Gasteiger partial charge in [-0.25, -0.2) is 0 Å². The van der Waals surface area contributed by atoms with Crippen molar-refractivity contribution in [3.63, 3.8) is 0 Å². The first-order valence-electron chi connectivity index (χ1n) is 7.10. The topological polar surface area (TPSA) is 12.0 Å². The molecule has 2 heteroatoms. The Morgan fingerprint density at radius 2 is 1.89 bits per heavy atom. The summed E-state index contributed by atoms with van der Waals surface area (Å²) in [6.45, 7) is 8.96. The Labute approximate surface area is 120 Å². The van der Waals surface area contributed by atoms with Gasteiger partial charge >= 0.3 is 0 Å². The van der Waals surface area contributed by atoms with Gasteiger partial charge in [0.1, 0.15) is 0 Å². The predicted octanol–water partition coefficient (Wildman–Crippen LogP) is 4.97. The minimum absolute atomic E-state index is 0.624. The molecule has 0 heterocycles. The van der Waals surface area contributed by atoms with Crippen LogP contribution in [0, 0.1) is 5.92 Å². The summed E-state index contributed by atoms with van der Waals surface area (Å²) in [7, 11) is 0. The molecule has 1 aromatic rings. The van der Waals surface area contributed by atoms with Crippen molar-refractivity contribution in [3.8, 4) is 0 Å². The molecule has 0 aliphatic heterocycles. The highest BCUT2D eigenvalue weighted by Crippen LogP contribution is 2.28. The van der Waals surface area contributed by atoms with Crippen LogP contribution in [0.4, 0.5) is 0 Å². The molecule has 0 saturated heterocycles. The lowest BCUT2D eigenvalue weighted by Crippen LogP contribution is -2.25.